The molecule has 2 amide bonds. The van der Waals surface area contributed by atoms with Crippen molar-refractivity contribution >= 4 is 39.3 Å². The Morgan fingerprint density at radius 3 is 2.65 bits per heavy atom. The van der Waals surface area contributed by atoms with Crippen LogP contribution in [0.1, 0.15) is 55.2 Å². The van der Waals surface area contributed by atoms with Gasteiger partial charge in [-0.3, -0.25) is 9.59 Å². The van der Waals surface area contributed by atoms with Gasteiger partial charge < -0.3 is 29.1 Å². The van der Waals surface area contributed by atoms with Crippen LogP contribution in [0.5, 0.6) is 5.75 Å². The van der Waals surface area contributed by atoms with Crippen LogP contribution in [-0.4, -0.2) is 108 Å². The highest BCUT2D eigenvalue weighted by Crippen LogP contribution is 2.43. The van der Waals surface area contributed by atoms with Gasteiger partial charge in [-0.2, -0.15) is 12.7 Å². The third-order valence-electron chi connectivity index (χ3n) is 10.5. The first kappa shape index (κ1) is 41.8. The molecule has 2 bridgehead atoms. The molecule has 0 radical (unpaired) electrons. The molecule has 0 unspecified atom stereocenters. The van der Waals surface area contributed by atoms with Crippen molar-refractivity contribution in [3.05, 3.63) is 70.3 Å². The van der Waals surface area contributed by atoms with Crippen LogP contribution in [0.25, 0.3) is 0 Å². The van der Waals surface area contributed by atoms with Gasteiger partial charge in [0.15, 0.2) is 5.60 Å². The van der Waals surface area contributed by atoms with Crippen molar-refractivity contribution in [1.29, 1.82) is 0 Å². The Balaban J connectivity index is 1.56. The molecule has 0 spiro atoms. The molecule has 54 heavy (non-hydrogen) atoms. The second-order valence-corrected chi connectivity index (χ2v) is 16.7. The minimum Gasteiger partial charge on any atom is -0.487 e. The number of ether oxygens (including phenoxy) is 3. The zero-order valence-electron chi connectivity index (χ0n) is 31.0. The van der Waals surface area contributed by atoms with E-state index in [-0.39, 0.29) is 49.9 Å². The number of rotatable bonds is 9. The average Bonchev–Trinajstić information content (AvgIpc) is 3.13. The van der Waals surface area contributed by atoms with E-state index >= 15 is 0 Å². The molecule has 12 nitrogen and oxygen atoms in total. The minimum absolute atomic E-state index is 0.0306. The van der Waals surface area contributed by atoms with Gasteiger partial charge in [0.1, 0.15) is 19.0 Å². The van der Waals surface area contributed by atoms with Crippen LogP contribution in [0.4, 0.5) is 14.5 Å². The molecular weight excluding hydrogens is 746 g/mol. The van der Waals surface area contributed by atoms with Gasteiger partial charge in [-0.05, 0) is 91.3 Å². The molecule has 2 aromatic rings. The zero-order chi connectivity index (χ0) is 39.0. The monoisotopic (exact) mass is 796 g/mol. The maximum absolute atomic E-state index is 13.9. The maximum atomic E-state index is 13.9. The first-order valence-corrected chi connectivity index (χ1v) is 20.1. The lowest BCUT2D eigenvalue weighted by Gasteiger charge is -2.44. The number of aliphatic hydroxyl groups is 1. The fourth-order valence-corrected chi connectivity index (χ4v) is 7.83. The predicted molar refractivity (Wildman–Crippen MR) is 201 cm³/mol. The summed E-state index contributed by atoms with van der Waals surface area (Å²) in [5.74, 6) is -1.11. The van der Waals surface area contributed by atoms with Gasteiger partial charge in [-0.25, -0.2) is 13.5 Å². The van der Waals surface area contributed by atoms with E-state index < -0.39 is 47.1 Å². The standard InChI is InChI=1S/C38H51ClF2N4O8S/c1-43(2)54(49,50)42-37(47)38(48)22-36(46)44(3)16-6-5-9-33(52-19-18-51-25-35(40)41)31-14-11-27(31)23-45-17-7-4-8-26-20-30(39)13-10-28(26)24-53-34-15-12-29(38)21-32(34)45/h5,9-10,12-13,15,20-21,27,31,33,35,48H,4,6-8,11,14,16-19,22-25H2,1-3H3,(H,42,47)/b9-5+/t27-,31+,33-,38+/m0/s1. The Kier molecular flexibility index (Phi) is 14.3. The average molecular weight is 797 g/mol. The molecule has 1 saturated carbocycles. The fraction of sp³-hybridized carbons (Fsp3) is 0.579. The number of benzene rings is 2. The number of halogens is 3. The summed E-state index contributed by atoms with van der Waals surface area (Å²) in [6, 6.07) is 10.5. The van der Waals surface area contributed by atoms with Crippen LogP contribution in [0, 0.1) is 11.8 Å². The van der Waals surface area contributed by atoms with Crippen LogP contribution in [-0.2, 0) is 47.9 Å². The van der Waals surface area contributed by atoms with Crippen LogP contribution in [0.2, 0.25) is 5.02 Å². The first-order chi connectivity index (χ1) is 25.7. The Morgan fingerprint density at radius 1 is 1.13 bits per heavy atom. The van der Waals surface area contributed by atoms with Crippen molar-refractivity contribution in [2.24, 2.45) is 11.8 Å². The van der Waals surface area contributed by atoms with Crippen LogP contribution in [0.3, 0.4) is 0 Å². The molecule has 4 atom stereocenters. The number of alkyl halides is 2. The highest BCUT2D eigenvalue weighted by molar-refractivity contribution is 7.87. The molecule has 0 aromatic heterocycles. The SMILES string of the molecule is CN1CC/C=C/[C@H](OCCOCC(F)F)[C@@H]2CC[C@H]2CN2CCCCc3cc(Cl)ccc3COc3ccc(cc32)[C@@](O)(C(=O)NS(=O)(=O)N(C)C)CC1=O. The van der Waals surface area contributed by atoms with E-state index in [4.69, 9.17) is 25.8 Å². The molecule has 298 valence electrons. The van der Waals surface area contributed by atoms with E-state index in [1.165, 1.54) is 25.1 Å². The van der Waals surface area contributed by atoms with Gasteiger partial charge in [-0.1, -0.05) is 35.9 Å². The number of hydrogen-bond acceptors (Lipinski definition) is 9. The largest absolute Gasteiger partial charge is 0.487 e. The Bertz CT molecular complexity index is 1770. The van der Waals surface area contributed by atoms with Gasteiger partial charge >= 0.3 is 10.2 Å². The fourth-order valence-electron chi connectivity index (χ4n) is 7.05. The van der Waals surface area contributed by atoms with Crippen molar-refractivity contribution < 1.29 is 46.1 Å². The van der Waals surface area contributed by atoms with E-state index in [1.54, 1.807) is 19.2 Å². The van der Waals surface area contributed by atoms with Crippen LogP contribution in [0.15, 0.2) is 48.6 Å². The maximum Gasteiger partial charge on any atom is 0.303 e. The molecule has 2 aromatic carbocycles. The summed E-state index contributed by atoms with van der Waals surface area (Å²) in [7, 11) is -0.293. The highest BCUT2D eigenvalue weighted by atomic mass is 35.5. The Labute approximate surface area is 321 Å². The molecule has 2 N–H and O–H groups in total. The molecule has 5 rings (SSSR count). The Morgan fingerprint density at radius 2 is 1.93 bits per heavy atom. The molecule has 1 fully saturated rings. The minimum atomic E-state index is -4.33. The second-order valence-electron chi connectivity index (χ2n) is 14.4. The molecular formula is C38H51ClF2N4O8S. The smallest absolute Gasteiger partial charge is 0.303 e. The summed E-state index contributed by atoms with van der Waals surface area (Å²) in [6.45, 7) is 1.13. The van der Waals surface area contributed by atoms with Gasteiger partial charge in [0.2, 0.25) is 5.91 Å². The van der Waals surface area contributed by atoms with E-state index in [9.17, 15) is 31.9 Å². The summed E-state index contributed by atoms with van der Waals surface area (Å²) < 4.78 is 71.5. The third-order valence-corrected chi connectivity index (χ3v) is 12.1. The number of amides is 2. The van der Waals surface area contributed by atoms with Gasteiger partial charge in [0.05, 0.1) is 31.4 Å². The number of anilines is 1. The first-order valence-electron chi connectivity index (χ1n) is 18.3. The molecule has 16 heteroatoms. The molecule has 0 saturated heterocycles. The van der Waals surface area contributed by atoms with Crippen molar-refractivity contribution in [3.63, 3.8) is 0 Å². The predicted octanol–water partition coefficient (Wildman–Crippen LogP) is 4.67. The van der Waals surface area contributed by atoms with Crippen molar-refractivity contribution in [2.45, 2.75) is 69.7 Å². The number of aryl methyl sites for hydroxylation is 1. The van der Waals surface area contributed by atoms with Crippen LogP contribution < -0.4 is 14.4 Å². The summed E-state index contributed by atoms with van der Waals surface area (Å²) in [5, 5.41) is 12.9. The number of hydrogen-bond donors (Lipinski definition) is 2. The summed E-state index contributed by atoms with van der Waals surface area (Å²) in [5.41, 5.74) is 0.103. The van der Waals surface area contributed by atoms with Crippen molar-refractivity contribution in [3.8, 4) is 5.75 Å². The third kappa shape index (κ3) is 10.5. The van der Waals surface area contributed by atoms with Gasteiger partial charge in [0, 0.05) is 45.8 Å². The van der Waals surface area contributed by atoms with E-state index in [0.717, 1.165) is 47.5 Å². The zero-order valence-corrected chi connectivity index (χ0v) is 32.6. The van der Waals surface area contributed by atoms with E-state index in [2.05, 4.69) is 4.90 Å². The lowest BCUT2D eigenvalue weighted by molar-refractivity contribution is -0.148. The summed E-state index contributed by atoms with van der Waals surface area (Å²) >= 11 is 6.36. The van der Waals surface area contributed by atoms with Gasteiger partial charge in [0.25, 0.3) is 12.3 Å². The second kappa shape index (κ2) is 18.5. The molecule has 2 aliphatic heterocycles. The molecule has 1 aliphatic carbocycles. The normalized spacial score (nSPS) is 24.8. The lowest BCUT2D eigenvalue weighted by Crippen LogP contribution is -2.51. The van der Waals surface area contributed by atoms with Gasteiger partial charge in [-0.15, -0.1) is 0 Å². The Hall–Kier alpha value is -3.34. The summed E-state index contributed by atoms with van der Waals surface area (Å²) in [4.78, 5) is 31.1. The highest BCUT2D eigenvalue weighted by Gasteiger charge is 2.44. The topological polar surface area (TPSA) is 138 Å². The van der Waals surface area contributed by atoms with Crippen LogP contribution >= 0.6 is 11.6 Å². The lowest BCUT2D eigenvalue weighted by atomic mass is 9.70. The van der Waals surface area contributed by atoms with E-state index in [1.807, 2.05) is 35.1 Å². The van der Waals surface area contributed by atoms with E-state index in [0.29, 0.717) is 36.0 Å². The number of carbonyl (C=O) groups excluding carboxylic acids is 2. The van der Waals surface area contributed by atoms with Crippen molar-refractivity contribution in [1.82, 2.24) is 13.9 Å². The molecule has 3 aliphatic rings. The number of nitrogens with one attached hydrogen (secondary N) is 1. The quantitative estimate of drug-likeness (QED) is 0.274. The number of nitrogens with zero attached hydrogens (tertiary/aromatic N) is 3. The number of carbonyl (C=O) groups is 2. The molecule has 2 heterocycles. The van der Waals surface area contributed by atoms with Crippen molar-refractivity contribution in [2.75, 3.05) is 65.5 Å². The number of fused-ring (bicyclic) bond motifs is 3. The summed E-state index contributed by atoms with van der Waals surface area (Å²) in [6.07, 6.45) is 4.87.